The molecule has 5 heteroatoms. The summed E-state index contributed by atoms with van der Waals surface area (Å²) >= 11 is 0. The van der Waals surface area contributed by atoms with E-state index in [0.717, 1.165) is 45.4 Å². The van der Waals surface area contributed by atoms with Gasteiger partial charge in [-0.2, -0.15) is 5.10 Å². The molecule has 1 saturated heterocycles. The van der Waals surface area contributed by atoms with Gasteiger partial charge in [-0.25, -0.2) is 5.43 Å². The zero-order valence-corrected chi connectivity index (χ0v) is 11.7. The van der Waals surface area contributed by atoms with E-state index in [0.29, 0.717) is 12.5 Å². The maximum Gasteiger partial charge on any atom is 0.254 e. The number of rotatable bonds is 4. The van der Waals surface area contributed by atoms with E-state index in [-0.39, 0.29) is 5.91 Å². The molecule has 2 aliphatic rings. The van der Waals surface area contributed by atoms with E-state index >= 15 is 0 Å². The van der Waals surface area contributed by atoms with Gasteiger partial charge < -0.3 is 4.90 Å². The Morgan fingerprint density at radius 1 is 1.37 bits per heavy atom. The molecule has 1 N–H and O–H groups in total. The summed E-state index contributed by atoms with van der Waals surface area (Å²) in [6, 6.07) is 0. The van der Waals surface area contributed by atoms with Gasteiger partial charge in [0.05, 0.1) is 6.54 Å². The average Bonchev–Trinajstić information content (AvgIpc) is 2.43. The predicted molar refractivity (Wildman–Crippen MR) is 77.1 cm³/mol. The third-order valence-corrected chi connectivity index (χ3v) is 3.75. The normalized spacial score (nSPS) is 25.8. The maximum absolute atomic E-state index is 11.7. The van der Waals surface area contributed by atoms with Crippen molar-refractivity contribution < 1.29 is 4.79 Å². The number of piperazine rings is 1. The molecule has 1 aliphatic heterocycles. The lowest BCUT2D eigenvalue weighted by Crippen LogP contribution is -2.47. The summed E-state index contributed by atoms with van der Waals surface area (Å²) in [6.45, 7) is 4.44. The molecule has 1 amide bonds. The Labute approximate surface area is 115 Å². The number of carbonyl (C=O) groups is 1. The van der Waals surface area contributed by atoms with Gasteiger partial charge in [0.2, 0.25) is 0 Å². The van der Waals surface area contributed by atoms with Crippen LogP contribution in [-0.2, 0) is 4.79 Å². The van der Waals surface area contributed by atoms with E-state index in [2.05, 4.69) is 39.5 Å². The summed E-state index contributed by atoms with van der Waals surface area (Å²) in [6.07, 6.45) is 9.56. The van der Waals surface area contributed by atoms with Crippen molar-refractivity contribution in [2.75, 3.05) is 39.8 Å². The second-order valence-corrected chi connectivity index (χ2v) is 5.44. The molecule has 0 saturated carbocycles. The van der Waals surface area contributed by atoms with Gasteiger partial charge in [-0.05, 0) is 32.2 Å². The fraction of sp³-hybridized carbons (Fsp3) is 0.714. The molecule has 1 atom stereocenters. The van der Waals surface area contributed by atoms with Crippen molar-refractivity contribution in [1.29, 1.82) is 0 Å². The van der Waals surface area contributed by atoms with Crippen LogP contribution in [0, 0.1) is 5.92 Å². The van der Waals surface area contributed by atoms with Crippen molar-refractivity contribution in [3.63, 3.8) is 0 Å². The summed E-state index contributed by atoms with van der Waals surface area (Å²) in [5, 5.41) is 4.08. The number of hydrogen-bond acceptors (Lipinski definition) is 4. The first kappa shape index (κ1) is 14.2. The molecule has 2 rings (SSSR count). The van der Waals surface area contributed by atoms with Gasteiger partial charge in [0.1, 0.15) is 0 Å². The molecule has 0 aromatic carbocycles. The largest absolute Gasteiger partial charge is 0.304 e. The van der Waals surface area contributed by atoms with Crippen LogP contribution in [-0.4, -0.2) is 61.7 Å². The molecule has 1 heterocycles. The van der Waals surface area contributed by atoms with Crippen LogP contribution in [0.1, 0.15) is 19.3 Å². The highest BCUT2D eigenvalue weighted by atomic mass is 16.2. The van der Waals surface area contributed by atoms with Crippen LogP contribution in [0.3, 0.4) is 0 Å². The minimum absolute atomic E-state index is 0.00726. The number of amides is 1. The fourth-order valence-corrected chi connectivity index (χ4v) is 2.41. The zero-order valence-electron chi connectivity index (χ0n) is 11.7. The monoisotopic (exact) mass is 264 g/mol. The number of nitrogens with zero attached hydrogens (tertiary/aromatic N) is 3. The molecule has 1 fully saturated rings. The minimum atomic E-state index is -0.00726. The van der Waals surface area contributed by atoms with Crippen LogP contribution in [0.15, 0.2) is 17.3 Å². The van der Waals surface area contributed by atoms with E-state index in [1.165, 1.54) is 0 Å². The van der Waals surface area contributed by atoms with Crippen molar-refractivity contribution >= 4 is 12.1 Å². The van der Waals surface area contributed by atoms with Crippen molar-refractivity contribution in [2.45, 2.75) is 19.3 Å². The Balaban J connectivity index is 1.64. The minimum Gasteiger partial charge on any atom is -0.304 e. The highest BCUT2D eigenvalue weighted by molar-refractivity contribution is 5.78. The van der Waals surface area contributed by atoms with E-state index in [4.69, 9.17) is 0 Å². The van der Waals surface area contributed by atoms with Crippen LogP contribution in [0.2, 0.25) is 0 Å². The summed E-state index contributed by atoms with van der Waals surface area (Å²) in [7, 11) is 2.11. The topological polar surface area (TPSA) is 47.9 Å². The van der Waals surface area contributed by atoms with Crippen molar-refractivity contribution in [3.8, 4) is 0 Å². The van der Waals surface area contributed by atoms with Gasteiger partial charge in [0, 0.05) is 32.4 Å². The van der Waals surface area contributed by atoms with Crippen LogP contribution in [0.4, 0.5) is 0 Å². The number of hydrazone groups is 1. The third-order valence-electron chi connectivity index (χ3n) is 3.75. The van der Waals surface area contributed by atoms with Gasteiger partial charge in [0.25, 0.3) is 5.91 Å². The number of likely N-dealkylation sites (N-methyl/N-ethyl adjacent to an activating group) is 1. The van der Waals surface area contributed by atoms with Crippen molar-refractivity contribution in [1.82, 2.24) is 15.2 Å². The second kappa shape index (κ2) is 7.40. The average molecular weight is 264 g/mol. The van der Waals surface area contributed by atoms with Gasteiger partial charge in [0.15, 0.2) is 0 Å². The highest BCUT2D eigenvalue weighted by Crippen LogP contribution is 2.15. The van der Waals surface area contributed by atoms with E-state index in [9.17, 15) is 4.79 Å². The lowest BCUT2D eigenvalue weighted by atomic mass is 9.96. The van der Waals surface area contributed by atoms with Gasteiger partial charge in [-0.1, -0.05) is 12.2 Å². The van der Waals surface area contributed by atoms with Crippen LogP contribution < -0.4 is 5.43 Å². The quantitative estimate of drug-likeness (QED) is 0.462. The lowest BCUT2D eigenvalue weighted by Gasteiger charge is -2.31. The molecular formula is C14H24N4O. The molecule has 19 heavy (non-hydrogen) atoms. The Morgan fingerprint density at radius 2 is 2.16 bits per heavy atom. The van der Waals surface area contributed by atoms with E-state index in [1.54, 1.807) is 0 Å². The molecule has 0 spiro atoms. The molecule has 0 bridgehead atoms. The molecule has 0 unspecified atom stereocenters. The number of hydrogen-bond donors (Lipinski definition) is 1. The molecule has 0 aromatic heterocycles. The summed E-state index contributed by atoms with van der Waals surface area (Å²) in [5.41, 5.74) is 2.64. The van der Waals surface area contributed by atoms with Crippen molar-refractivity contribution in [2.24, 2.45) is 11.0 Å². The maximum atomic E-state index is 11.7. The predicted octanol–water partition coefficient (Wildman–Crippen LogP) is 0.692. The zero-order chi connectivity index (χ0) is 13.5. The first-order valence-electron chi connectivity index (χ1n) is 7.12. The SMILES string of the molecule is CN1CCN(CC(=O)N/N=C\[C@H]2CC=CCC2)CC1. The first-order valence-corrected chi connectivity index (χ1v) is 7.12. The Hall–Kier alpha value is -1.20. The van der Waals surface area contributed by atoms with Gasteiger partial charge >= 0.3 is 0 Å². The number of nitrogens with one attached hydrogen (secondary N) is 1. The van der Waals surface area contributed by atoms with Crippen molar-refractivity contribution in [3.05, 3.63) is 12.2 Å². The van der Waals surface area contributed by atoms with E-state index in [1.807, 2.05) is 6.21 Å². The Bertz CT molecular complexity index is 345. The van der Waals surface area contributed by atoms with Crippen LogP contribution in [0.5, 0.6) is 0 Å². The molecule has 1 aliphatic carbocycles. The third kappa shape index (κ3) is 5.12. The first-order chi connectivity index (χ1) is 9.24. The molecule has 0 aromatic rings. The summed E-state index contributed by atoms with van der Waals surface area (Å²) in [5.74, 6) is 0.473. The second-order valence-electron chi connectivity index (χ2n) is 5.44. The smallest absolute Gasteiger partial charge is 0.254 e. The summed E-state index contributed by atoms with van der Waals surface area (Å²) < 4.78 is 0. The van der Waals surface area contributed by atoms with E-state index < -0.39 is 0 Å². The van der Waals surface area contributed by atoms with Gasteiger partial charge in [-0.3, -0.25) is 9.69 Å². The Kier molecular flexibility index (Phi) is 5.54. The number of carbonyl (C=O) groups excluding carboxylic acids is 1. The Morgan fingerprint density at radius 3 is 2.84 bits per heavy atom. The van der Waals surface area contributed by atoms with Gasteiger partial charge in [-0.15, -0.1) is 0 Å². The molecule has 0 radical (unpaired) electrons. The number of allylic oxidation sites excluding steroid dienone is 2. The molecular weight excluding hydrogens is 240 g/mol. The lowest BCUT2D eigenvalue weighted by molar-refractivity contribution is -0.122. The standard InChI is InChI=1S/C14H24N4O/c1-17-7-9-18(10-8-17)12-14(19)16-15-11-13-5-3-2-4-6-13/h2-3,11,13H,4-10,12H2,1H3,(H,16,19)/b15-11-/t13-/m0/s1. The summed E-state index contributed by atoms with van der Waals surface area (Å²) in [4.78, 5) is 16.2. The van der Waals surface area contributed by atoms with Crippen LogP contribution >= 0.6 is 0 Å². The molecule has 106 valence electrons. The highest BCUT2D eigenvalue weighted by Gasteiger charge is 2.16. The molecule has 5 nitrogen and oxygen atoms in total. The fourth-order valence-electron chi connectivity index (χ4n) is 2.41. The van der Waals surface area contributed by atoms with Crippen LogP contribution in [0.25, 0.3) is 0 Å².